The molecule has 0 saturated carbocycles. The standard InChI is InChI=1S/C15H14F3N3O4/c16-15(17,18)14-19-10-2-1-8(5-11(10)20-14)12(22)21-3-4-25-7-9(6-21)13(23)24/h1-2,5,9H,3-4,6-7H2,(H,19,20)(H,23,24). The molecular formula is C15H14F3N3O4. The highest BCUT2D eigenvalue weighted by Gasteiger charge is 2.35. The maximum absolute atomic E-state index is 12.7. The minimum Gasteiger partial charge on any atom is -0.481 e. The number of hydrogen-bond acceptors (Lipinski definition) is 4. The number of halogens is 3. The number of alkyl halides is 3. The fourth-order valence-corrected chi connectivity index (χ4v) is 2.60. The third kappa shape index (κ3) is 3.58. The molecule has 10 heteroatoms. The minimum atomic E-state index is -4.61. The Balaban J connectivity index is 1.87. The van der Waals surface area contributed by atoms with Crippen molar-refractivity contribution < 1.29 is 32.6 Å². The molecule has 1 amide bonds. The number of carboxylic acids is 1. The fraction of sp³-hybridized carbons (Fsp3) is 0.400. The van der Waals surface area contributed by atoms with E-state index in [-0.39, 0.29) is 42.9 Å². The van der Waals surface area contributed by atoms with Gasteiger partial charge in [0, 0.05) is 18.7 Å². The Kier molecular flexibility index (Phi) is 4.38. The number of carbonyl (C=O) groups is 2. The number of H-pyrrole nitrogens is 1. The van der Waals surface area contributed by atoms with Crippen LogP contribution < -0.4 is 0 Å². The summed E-state index contributed by atoms with van der Waals surface area (Å²) in [5, 5.41) is 9.12. The molecule has 1 unspecified atom stereocenters. The average Bonchev–Trinajstić information content (AvgIpc) is 2.82. The molecule has 0 spiro atoms. The fourth-order valence-electron chi connectivity index (χ4n) is 2.60. The molecule has 1 aromatic heterocycles. The van der Waals surface area contributed by atoms with Crippen LogP contribution in [0.15, 0.2) is 18.2 Å². The lowest BCUT2D eigenvalue weighted by Crippen LogP contribution is -2.38. The molecule has 1 atom stereocenters. The van der Waals surface area contributed by atoms with Crippen molar-refractivity contribution in [3.8, 4) is 0 Å². The number of nitrogens with zero attached hydrogens (tertiary/aromatic N) is 2. The van der Waals surface area contributed by atoms with E-state index >= 15 is 0 Å². The molecule has 0 bridgehead atoms. The molecule has 2 heterocycles. The number of fused-ring (bicyclic) bond motifs is 1. The smallest absolute Gasteiger partial charge is 0.449 e. The molecular weight excluding hydrogens is 343 g/mol. The van der Waals surface area contributed by atoms with Crippen LogP contribution in [0.2, 0.25) is 0 Å². The highest BCUT2D eigenvalue weighted by Crippen LogP contribution is 2.29. The van der Waals surface area contributed by atoms with Crippen LogP contribution in [0.5, 0.6) is 0 Å². The molecule has 7 nitrogen and oxygen atoms in total. The van der Waals surface area contributed by atoms with Gasteiger partial charge in [0.1, 0.15) is 0 Å². The van der Waals surface area contributed by atoms with E-state index < -0.39 is 29.8 Å². The quantitative estimate of drug-likeness (QED) is 0.854. The predicted molar refractivity (Wildman–Crippen MR) is 78.9 cm³/mol. The molecule has 1 saturated heterocycles. The third-order valence-corrected chi connectivity index (χ3v) is 3.90. The van der Waals surface area contributed by atoms with Crippen molar-refractivity contribution in [3.63, 3.8) is 0 Å². The van der Waals surface area contributed by atoms with Gasteiger partial charge in [-0.2, -0.15) is 13.2 Å². The Labute approximate surface area is 139 Å². The Morgan fingerprint density at radius 3 is 2.80 bits per heavy atom. The van der Waals surface area contributed by atoms with Crippen molar-refractivity contribution in [1.29, 1.82) is 0 Å². The Morgan fingerprint density at radius 1 is 1.36 bits per heavy atom. The number of imidazole rings is 1. The van der Waals surface area contributed by atoms with E-state index in [0.29, 0.717) is 0 Å². The lowest BCUT2D eigenvalue weighted by Gasteiger charge is -2.21. The summed E-state index contributed by atoms with van der Waals surface area (Å²) in [5.74, 6) is -3.53. The number of carboxylic acid groups (broad SMARTS) is 1. The molecule has 1 aliphatic heterocycles. The van der Waals surface area contributed by atoms with Crippen LogP contribution in [0.3, 0.4) is 0 Å². The summed E-state index contributed by atoms with van der Waals surface area (Å²) >= 11 is 0. The van der Waals surface area contributed by atoms with Gasteiger partial charge in [0.2, 0.25) is 5.82 Å². The van der Waals surface area contributed by atoms with Gasteiger partial charge in [-0.15, -0.1) is 0 Å². The van der Waals surface area contributed by atoms with Crippen molar-refractivity contribution in [2.24, 2.45) is 5.92 Å². The van der Waals surface area contributed by atoms with Gasteiger partial charge in [-0.1, -0.05) is 0 Å². The molecule has 0 radical (unpaired) electrons. The maximum Gasteiger partial charge on any atom is 0.449 e. The van der Waals surface area contributed by atoms with Crippen molar-refractivity contribution in [2.45, 2.75) is 6.18 Å². The predicted octanol–water partition coefficient (Wildman–Crippen LogP) is 1.75. The van der Waals surface area contributed by atoms with Crippen molar-refractivity contribution >= 4 is 22.9 Å². The summed E-state index contributed by atoms with van der Waals surface area (Å²) in [7, 11) is 0. The third-order valence-electron chi connectivity index (χ3n) is 3.90. The van der Waals surface area contributed by atoms with Gasteiger partial charge < -0.3 is 19.7 Å². The highest BCUT2D eigenvalue weighted by molar-refractivity contribution is 5.97. The number of benzene rings is 1. The largest absolute Gasteiger partial charge is 0.481 e. The molecule has 2 aromatic rings. The number of amides is 1. The first-order valence-electron chi connectivity index (χ1n) is 7.42. The first kappa shape index (κ1) is 17.2. The molecule has 0 aliphatic carbocycles. The topological polar surface area (TPSA) is 95.5 Å². The van der Waals surface area contributed by atoms with E-state index in [2.05, 4.69) is 9.97 Å². The van der Waals surface area contributed by atoms with Gasteiger partial charge in [-0.3, -0.25) is 9.59 Å². The number of nitrogens with one attached hydrogen (secondary N) is 1. The van der Waals surface area contributed by atoms with Gasteiger partial charge >= 0.3 is 12.1 Å². The first-order valence-corrected chi connectivity index (χ1v) is 7.42. The second-order valence-electron chi connectivity index (χ2n) is 5.68. The molecule has 1 fully saturated rings. The molecule has 134 valence electrons. The molecule has 2 N–H and O–H groups in total. The zero-order valence-corrected chi connectivity index (χ0v) is 12.8. The summed E-state index contributed by atoms with van der Waals surface area (Å²) in [6, 6.07) is 3.96. The van der Waals surface area contributed by atoms with Gasteiger partial charge in [-0.05, 0) is 18.2 Å². The molecule has 1 aromatic carbocycles. The van der Waals surface area contributed by atoms with Gasteiger partial charge in [0.25, 0.3) is 5.91 Å². The lowest BCUT2D eigenvalue weighted by atomic mass is 10.1. The minimum absolute atomic E-state index is 0.00758. The lowest BCUT2D eigenvalue weighted by molar-refractivity contribution is -0.144. The van der Waals surface area contributed by atoms with Gasteiger partial charge in [0.05, 0.1) is 30.2 Å². The van der Waals surface area contributed by atoms with Crippen molar-refractivity contribution in [3.05, 3.63) is 29.6 Å². The number of ether oxygens (including phenoxy) is 1. The number of aromatic amines is 1. The summed E-state index contributed by atoms with van der Waals surface area (Å²) in [4.78, 5) is 30.7. The summed E-state index contributed by atoms with van der Waals surface area (Å²) < 4.78 is 43.3. The molecule has 3 rings (SSSR count). The zero-order valence-electron chi connectivity index (χ0n) is 12.8. The van der Waals surface area contributed by atoms with Crippen LogP contribution in [0.4, 0.5) is 13.2 Å². The summed E-state index contributed by atoms with van der Waals surface area (Å²) in [6.45, 7) is 0.383. The number of carbonyl (C=O) groups excluding carboxylic acids is 1. The number of hydrogen-bond donors (Lipinski definition) is 2. The monoisotopic (exact) mass is 357 g/mol. The number of aromatic nitrogens is 2. The van der Waals surface area contributed by atoms with Crippen LogP contribution in [-0.4, -0.2) is 58.2 Å². The SMILES string of the molecule is O=C(O)C1COCCN(C(=O)c2ccc3nc(C(F)(F)F)[nH]c3c2)C1. The van der Waals surface area contributed by atoms with E-state index in [9.17, 15) is 22.8 Å². The Morgan fingerprint density at radius 2 is 2.12 bits per heavy atom. The van der Waals surface area contributed by atoms with Crippen LogP contribution in [-0.2, 0) is 15.7 Å². The van der Waals surface area contributed by atoms with Crippen LogP contribution in [0.1, 0.15) is 16.2 Å². The van der Waals surface area contributed by atoms with Crippen LogP contribution in [0, 0.1) is 5.92 Å². The highest BCUT2D eigenvalue weighted by atomic mass is 19.4. The van der Waals surface area contributed by atoms with Crippen molar-refractivity contribution in [1.82, 2.24) is 14.9 Å². The Hall–Kier alpha value is -2.62. The normalized spacial score (nSPS) is 19.0. The van der Waals surface area contributed by atoms with E-state index in [1.54, 1.807) is 0 Å². The van der Waals surface area contributed by atoms with Crippen LogP contribution >= 0.6 is 0 Å². The Bertz CT molecular complexity index is 818. The van der Waals surface area contributed by atoms with Gasteiger partial charge in [0.15, 0.2) is 0 Å². The van der Waals surface area contributed by atoms with Crippen LogP contribution in [0.25, 0.3) is 11.0 Å². The van der Waals surface area contributed by atoms with Gasteiger partial charge in [-0.25, -0.2) is 4.98 Å². The molecule has 1 aliphatic rings. The van der Waals surface area contributed by atoms with E-state index in [1.807, 2.05) is 0 Å². The summed E-state index contributed by atoms with van der Waals surface area (Å²) in [6.07, 6.45) is -4.61. The van der Waals surface area contributed by atoms with Crippen molar-refractivity contribution in [2.75, 3.05) is 26.3 Å². The summed E-state index contributed by atoms with van der Waals surface area (Å²) in [5.41, 5.74) is 0.321. The first-order chi connectivity index (χ1) is 11.8. The second-order valence-corrected chi connectivity index (χ2v) is 5.68. The molecule has 25 heavy (non-hydrogen) atoms. The maximum atomic E-state index is 12.7. The second kappa shape index (κ2) is 6.36. The van der Waals surface area contributed by atoms with E-state index in [4.69, 9.17) is 9.84 Å². The number of aliphatic carboxylic acids is 1. The zero-order chi connectivity index (χ0) is 18.2. The number of rotatable bonds is 2. The average molecular weight is 357 g/mol. The van der Waals surface area contributed by atoms with E-state index in [0.717, 1.165) is 0 Å². The van der Waals surface area contributed by atoms with E-state index in [1.165, 1.54) is 23.1 Å².